The van der Waals surface area contributed by atoms with Crippen molar-refractivity contribution in [3.8, 4) is 0 Å². The molecule has 0 amide bonds. The number of aryl methyl sites for hydroxylation is 2. The Balaban J connectivity index is 1.63. The molecule has 17 heavy (non-hydrogen) atoms. The highest BCUT2D eigenvalue weighted by molar-refractivity contribution is 5.09. The topological polar surface area (TPSA) is 42.7 Å². The summed E-state index contributed by atoms with van der Waals surface area (Å²) in [5.41, 5.74) is 2.18. The zero-order valence-corrected chi connectivity index (χ0v) is 10.1. The number of nitrogens with one attached hydrogen (secondary N) is 1. The largest absolute Gasteiger partial charge is 0.337 e. The second-order valence-corrected chi connectivity index (χ2v) is 4.10. The third kappa shape index (κ3) is 4.00. The Morgan fingerprint density at radius 1 is 1.35 bits per heavy atom. The van der Waals surface area contributed by atoms with E-state index in [-0.39, 0.29) is 0 Å². The molecular weight excluding hydrogens is 212 g/mol. The third-order valence-corrected chi connectivity index (χ3v) is 2.58. The van der Waals surface area contributed by atoms with Crippen molar-refractivity contribution in [2.45, 2.75) is 26.4 Å². The molecule has 2 rings (SSSR count). The molecule has 4 nitrogen and oxygen atoms in total. The Hall–Kier alpha value is -1.68. The summed E-state index contributed by atoms with van der Waals surface area (Å²) in [5, 5.41) is 3.40. The van der Waals surface area contributed by atoms with Gasteiger partial charge in [-0.15, -0.1) is 0 Å². The highest BCUT2D eigenvalue weighted by Crippen LogP contribution is 1.97. The molecular formula is C13H18N4. The van der Waals surface area contributed by atoms with Crippen molar-refractivity contribution in [3.05, 3.63) is 48.3 Å². The molecule has 0 aliphatic rings. The van der Waals surface area contributed by atoms with Crippen LogP contribution in [0.5, 0.6) is 0 Å². The average Bonchev–Trinajstić information content (AvgIpc) is 2.82. The molecule has 0 radical (unpaired) electrons. The fourth-order valence-electron chi connectivity index (χ4n) is 1.72. The van der Waals surface area contributed by atoms with Gasteiger partial charge in [0.2, 0.25) is 0 Å². The third-order valence-electron chi connectivity index (χ3n) is 2.58. The van der Waals surface area contributed by atoms with Crippen molar-refractivity contribution in [2.75, 3.05) is 6.54 Å². The van der Waals surface area contributed by atoms with Gasteiger partial charge in [0.05, 0.1) is 12.0 Å². The van der Waals surface area contributed by atoms with Gasteiger partial charge in [-0.1, -0.05) is 6.07 Å². The molecule has 0 saturated heterocycles. The van der Waals surface area contributed by atoms with E-state index < -0.39 is 0 Å². The summed E-state index contributed by atoms with van der Waals surface area (Å²) in [6.45, 7) is 4.86. The summed E-state index contributed by atoms with van der Waals surface area (Å²) in [6, 6.07) is 6.11. The van der Waals surface area contributed by atoms with Gasteiger partial charge in [0.15, 0.2) is 0 Å². The maximum atomic E-state index is 4.44. The molecule has 0 aliphatic carbocycles. The van der Waals surface area contributed by atoms with Crippen LogP contribution in [0.4, 0.5) is 0 Å². The van der Waals surface area contributed by atoms with Crippen molar-refractivity contribution < 1.29 is 0 Å². The second kappa shape index (κ2) is 6.15. The molecule has 4 heteroatoms. The van der Waals surface area contributed by atoms with Gasteiger partial charge >= 0.3 is 0 Å². The number of nitrogens with zero attached hydrogens (tertiary/aromatic N) is 3. The zero-order chi connectivity index (χ0) is 11.9. The Morgan fingerprint density at radius 3 is 3.06 bits per heavy atom. The number of rotatable bonds is 6. The van der Waals surface area contributed by atoms with Crippen LogP contribution in [0.2, 0.25) is 0 Å². The Kier molecular flexibility index (Phi) is 4.27. The zero-order valence-electron chi connectivity index (χ0n) is 10.1. The lowest BCUT2D eigenvalue weighted by Crippen LogP contribution is -2.17. The van der Waals surface area contributed by atoms with Gasteiger partial charge in [0, 0.05) is 31.2 Å². The Bertz CT molecular complexity index is 436. The predicted molar refractivity (Wildman–Crippen MR) is 67.5 cm³/mol. The van der Waals surface area contributed by atoms with Crippen molar-refractivity contribution in [1.82, 2.24) is 19.9 Å². The van der Waals surface area contributed by atoms with Gasteiger partial charge in [0.25, 0.3) is 0 Å². The molecule has 0 atom stereocenters. The molecule has 2 heterocycles. The molecule has 0 fully saturated rings. The van der Waals surface area contributed by atoms with Crippen LogP contribution in [-0.2, 0) is 13.1 Å². The lowest BCUT2D eigenvalue weighted by molar-refractivity contribution is 0.576. The summed E-state index contributed by atoms with van der Waals surface area (Å²) in [4.78, 5) is 8.45. The molecule has 0 aromatic carbocycles. The minimum atomic E-state index is 0.839. The molecule has 2 aromatic rings. The second-order valence-electron chi connectivity index (χ2n) is 4.10. The van der Waals surface area contributed by atoms with Crippen LogP contribution in [0.3, 0.4) is 0 Å². The molecule has 0 unspecified atom stereocenters. The van der Waals surface area contributed by atoms with E-state index >= 15 is 0 Å². The van der Waals surface area contributed by atoms with Gasteiger partial charge in [0.1, 0.15) is 0 Å². The fourth-order valence-corrected chi connectivity index (χ4v) is 1.72. The Labute approximate surface area is 102 Å². The van der Waals surface area contributed by atoms with E-state index in [1.54, 1.807) is 0 Å². The van der Waals surface area contributed by atoms with Crippen LogP contribution in [0.15, 0.2) is 36.9 Å². The smallest absolute Gasteiger partial charge is 0.0945 e. The molecule has 0 spiro atoms. The molecule has 0 bridgehead atoms. The first-order valence-corrected chi connectivity index (χ1v) is 5.93. The monoisotopic (exact) mass is 230 g/mol. The van der Waals surface area contributed by atoms with Gasteiger partial charge in [-0.05, 0) is 32.0 Å². The first-order valence-electron chi connectivity index (χ1n) is 5.93. The van der Waals surface area contributed by atoms with Gasteiger partial charge < -0.3 is 9.88 Å². The van der Waals surface area contributed by atoms with Gasteiger partial charge in [-0.3, -0.25) is 4.98 Å². The normalized spacial score (nSPS) is 10.6. The highest BCUT2D eigenvalue weighted by atomic mass is 15.0. The number of imidazole rings is 1. The van der Waals surface area contributed by atoms with Crippen LogP contribution in [0.1, 0.15) is 17.8 Å². The van der Waals surface area contributed by atoms with Gasteiger partial charge in [-0.2, -0.15) is 0 Å². The van der Waals surface area contributed by atoms with E-state index in [1.165, 1.54) is 0 Å². The molecule has 90 valence electrons. The molecule has 1 N–H and O–H groups in total. The van der Waals surface area contributed by atoms with Crippen molar-refractivity contribution in [3.63, 3.8) is 0 Å². The summed E-state index contributed by atoms with van der Waals surface area (Å²) in [6.07, 6.45) is 6.75. The van der Waals surface area contributed by atoms with Crippen LogP contribution in [0.25, 0.3) is 0 Å². The van der Waals surface area contributed by atoms with E-state index in [9.17, 15) is 0 Å². The average molecular weight is 230 g/mol. The molecule has 0 aliphatic heterocycles. The van der Waals surface area contributed by atoms with E-state index in [4.69, 9.17) is 0 Å². The minimum Gasteiger partial charge on any atom is -0.337 e. The molecule has 0 saturated carbocycles. The van der Waals surface area contributed by atoms with Crippen molar-refractivity contribution in [2.24, 2.45) is 0 Å². The lowest BCUT2D eigenvalue weighted by Gasteiger charge is -2.05. The first kappa shape index (κ1) is 11.8. The van der Waals surface area contributed by atoms with Gasteiger partial charge in [-0.25, -0.2) is 4.98 Å². The first-order chi connectivity index (χ1) is 8.34. The van der Waals surface area contributed by atoms with Crippen LogP contribution in [-0.4, -0.2) is 21.1 Å². The maximum Gasteiger partial charge on any atom is 0.0945 e. The van der Waals surface area contributed by atoms with E-state index in [2.05, 4.69) is 25.9 Å². The number of hydrogen-bond acceptors (Lipinski definition) is 3. The Morgan fingerprint density at radius 2 is 2.29 bits per heavy atom. The number of aromatic nitrogens is 3. The lowest BCUT2D eigenvalue weighted by atomic mass is 10.3. The summed E-state index contributed by atoms with van der Waals surface area (Å²) in [5.74, 6) is 0. The standard InChI is InChI=1S/C13H18N4/c1-12-4-2-5-13(16-12)10-14-6-3-8-17-9-7-15-11-17/h2,4-5,7,9,11,14H,3,6,8,10H2,1H3. The fraction of sp³-hybridized carbons (Fsp3) is 0.385. The van der Waals surface area contributed by atoms with Crippen LogP contribution < -0.4 is 5.32 Å². The van der Waals surface area contributed by atoms with Crippen molar-refractivity contribution in [1.29, 1.82) is 0 Å². The SMILES string of the molecule is Cc1cccc(CNCCCn2ccnc2)n1. The van der Waals surface area contributed by atoms with Crippen LogP contribution >= 0.6 is 0 Å². The molecule has 2 aromatic heterocycles. The van der Waals surface area contributed by atoms with E-state index in [0.29, 0.717) is 0 Å². The predicted octanol–water partition coefficient (Wildman–Crippen LogP) is 1.77. The number of hydrogen-bond donors (Lipinski definition) is 1. The summed E-state index contributed by atoms with van der Waals surface area (Å²) < 4.78 is 2.09. The van der Waals surface area contributed by atoms with Crippen molar-refractivity contribution >= 4 is 0 Å². The number of pyridine rings is 1. The van der Waals surface area contributed by atoms with Crippen LogP contribution in [0, 0.1) is 6.92 Å². The van der Waals surface area contributed by atoms with E-state index in [0.717, 1.165) is 37.4 Å². The maximum absolute atomic E-state index is 4.44. The van der Waals surface area contributed by atoms with E-state index in [1.807, 2.05) is 37.8 Å². The highest BCUT2D eigenvalue weighted by Gasteiger charge is 1.95. The quantitative estimate of drug-likeness (QED) is 0.769. The summed E-state index contributed by atoms with van der Waals surface area (Å²) >= 11 is 0. The minimum absolute atomic E-state index is 0.839. The summed E-state index contributed by atoms with van der Waals surface area (Å²) in [7, 11) is 0.